The number of hydrogen-bond acceptors (Lipinski definition) is 4. The molecule has 5 nitrogen and oxygen atoms in total. The molecule has 31 heavy (non-hydrogen) atoms. The van der Waals surface area contributed by atoms with E-state index in [1.807, 2.05) is 30.3 Å². The fourth-order valence-electron chi connectivity index (χ4n) is 4.11. The van der Waals surface area contributed by atoms with Gasteiger partial charge in [0.15, 0.2) is 6.10 Å². The Labute approximate surface area is 187 Å². The van der Waals surface area contributed by atoms with Crippen molar-refractivity contribution >= 4 is 46.4 Å². The number of amides is 2. The molecule has 0 radical (unpaired) electrons. The molecule has 2 aliphatic rings. The van der Waals surface area contributed by atoms with E-state index in [2.05, 4.69) is 0 Å². The number of carbonyl (C=O) groups excluding carboxylic acids is 2. The van der Waals surface area contributed by atoms with Gasteiger partial charge in [0, 0.05) is 5.02 Å². The first kappa shape index (κ1) is 20.0. The number of halogens is 3. The molecule has 2 fully saturated rings. The van der Waals surface area contributed by atoms with Crippen LogP contribution in [0.25, 0.3) is 0 Å². The summed E-state index contributed by atoms with van der Waals surface area (Å²) < 4.78 is 13.6. The second kappa shape index (κ2) is 7.64. The van der Waals surface area contributed by atoms with E-state index < -0.39 is 35.7 Å². The Morgan fingerprint density at radius 3 is 2.26 bits per heavy atom. The van der Waals surface area contributed by atoms with Crippen LogP contribution in [-0.2, 0) is 14.4 Å². The number of fused-ring (bicyclic) bond motifs is 1. The van der Waals surface area contributed by atoms with Crippen LogP contribution in [0.4, 0.5) is 15.8 Å². The van der Waals surface area contributed by atoms with Gasteiger partial charge >= 0.3 is 0 Å². The van der Waals surface area contributed by atoms with Crippen LogP contribution in [0.1, 0.15) is 11.6 Å². The van der Waals surface area contributed by atoms with Crippen LogP contribution >= 0.6 is 23.2 Å². The number of rotatable bonds is 3. The number of carbonyl (C=O) groups is 2. The molecule has 2 saturated heterocycles. The van der Waals surface area contributed by atoms with Gasteiger partial charge in [-0.3, -0.25) is 14.4 Å². The zero-order valence-corrected chi connectivity index (χ0v) is 17.4. The molecule has 8 heteroatoms. The largest absolute Gasteiger partial charge is 0.273 e. The van der Waals surface area contributed by atoms with E-state index in [0.29, 0.717) is 16.3 Å². The predicted octanol–water partition coefficient (Wildman–Crippen LogP) is 5.18. The van der Waals surface area contributed by atoms with Gasteiger partial charge < -0.3 is 0 Å². The molecule has 2 aliphatic heterocycles. The van der Waals surface area contributed by atoms with Crippen LogP contribution in [0, 0.1) is 11.7 Å². The van der Waals surface area contributed by atoms with Gasteiger partial charge in [-0.2, -0.15) is 0 Å². The fraction of sp³-hybridized carbons (Fsp3) is 0.130. The number of hydrogen-bond donors (Lipinski definition) is 0. The van der Waals surface area contributed by atoms with E-state index in [1.165, 1.54) is 24.3 Å². The van der Waals surface area contributed by atoms with Crippen molar-refractivity contribution in [1.82, 2.24) is 0 Å². The first-order valence-corrected chi connectivity index (χ1v) is 10.3. The van der Waals surface area contributed by atoms with E-state index in [4.69, 9.17) is 28.0 Å². The summed E-state index contributed by atoms with van der Waals surface area (Å²) in [7, 11) is 0. The minimum atomic E-state index is -1.03. The van der Waals surface area contributed by atoms with Crippen molar-refractivity contribution in [2.45, 2.75) is 12.1 Å². The summed E-state index contributed by atoms with van der Waals surface area (Å²) in [6, 6.07) is 18.9. The summed E-state index contributed by atoms with van der Waals surface area (Å²) in [6.07, 6.45) is -1.03. The smallest absolute Gasteiger partial charge is 0.266 e. The molecule has 3 aromatic carbocycles. The second-order valence-electron chi connectivity index (χ2n) is 7.32. The maximum absolute atomic E-state index is 13.6. The molecular weight excluding hydrogens is 442 g/mol. The average Bonchev–Trinajstić information content (AvgIpc) is 3.26. The Morgan fingerprint density at radius 1 is 0.871 bits per heavy atom. The summed E-state index contributed by atoms with van der Waals surface area (Å²) in [6.45, 7) is 0. The first-order valence-electron chi connectivity index (χ1n) is 9.55. The number of imide groups is 1. The van der Waals surface area contributed by atoms with Crippen molar-refractivity contribution in [2.75, 3.05) is 9.96 Å². The summed E-state index contributed by atoms with van der Waals surface area (Å²) in [4.78, 5) is 33.8. The number of anilines is 2. The van der Waals surface area contributed by atoms with Gasteiger partial charge in [-0.1, -0.05) is 53.5 Å². The maximum Gasteiger partial charge on any atom is 0.266 e. The van der Waals surface area contributed by atoms with Crippen LogP contribution in [0.2, 0.25) is 10.0 Å². The molecule has 3 atom stereocenters. The van der Waals surface area contributed by atoms with E-state index in [0.717, 1.165) is 4.90 Å². The van der Waals surface area contributed by atoms with Gasteiger partial charge in [0.2, 0.25) is 5.91 Å². The molecule has 0 aliphatic carbocycles. The summed E-state index contributed by atoms with van der Waals surface area (Å²) in [5.74, 6) is -2.17. The molecular formula is C23H15Cl2FN2O3. The molecule has 0 saturated carbocycles. The minimum absolute atomic E-state index is 0.187. The lowest BCUT2D eigenvalue weighted by Gasteiger charge is -2.29. The summed E-state index contributed by atoms with van der Waals surface area (Å²) in [5.41, 5.74) is 1.59. The van der Waals surface area contributed by atoms with Gasteiger partial charge in [-0.05, 0) is 48.0 Å². The molecule has 2 heterocycles. The van der Waals surface area contributed by atoms with E-state index >= 15 is 0 Å². The Balaban J connectivity index is 1.59. The zero-order valence-electron chi connectivity index (χ0n) is 15.9. The van der Waals surface area contributed by atoms with E-state index in [9.17, 15) is 14.0 Å². The third-order valence-electron chi connectivity index (χ3n) is 5.49. The number of hydroxylamine groups is 1. The van der Waals surface area contributed by atoms with Crippen molar-refractivity contribution < 1.29 is 18.8 Å². The third-order valence-corrected chi connectivity index (χ3v) is 6.03. The monoisotopic (exact) mass is 456 g/mol. The highest BCUT2D eigenvalue weighted by atomic mass is 35.5. The summed E-state index contributed by atoms with van der Waals surface area (Å²) >= 11 is 12.2. The normalized spacial score (nSPS) is 22.9. The molecule has 0 bridgehead atoms. The van der Waals surface area contributed by atoms with Gasteiger partial charge in [0.25, 0.3) is 5.91 Å². The summed E-state index contributed by atoms with van der Waals surface area (Å²) in [5, 5.41) is 2.13. The highest BCUT2D eigenvalue weighted by Gasteiger charge is 2.60. The fourth-order valence-corrected chi connectivity index (χ4v) is 4.61. The van der Waals surface area contributed by atoms with E-state index in [-0.39, 0.29) is 10.7 Å². The van der Waals surface area contributed by atoms with Crippen molar-refractivity contribution in [3.8, 4) is 0 Å². The second-order valence-corrected chi connectivity index (χ2v) is 8.16. The van der Waals surface area contributed by atoms with Gasteiger partial charge in [-0.25, -0.2) is 14.4 Å². The quantitative estimate of drug-likeness (QED) is 0.509. The van der Waals surface area contributed by atoms with Gasteiger partial charge in [0.1, 0.15) is 11.7 Å². The molecule has 5 rings (SSSR count). The average molecular weight is 457 g/mol. The highest BCUT2D eigenvalue weighted by Crippen LogP contribution is 2.48. The van der Waals surface area contributed by atoms with Gasteiger partial charge in [-0.15, -0.1) is 0 Å². The Morgan fingerprint density at radius 2 is 1.58 bits per heavy atom. The van der Waals surface area contributed by atoms with Gasteiger partial charge in [0.05, 0.1) is 22.4 Å². The van der Waals surface area contributed by atoms with E-state index in [1.54, 1.807) is 23.3 Å². The maximum atomic E-state index is 13.6. The number of nitrogens with zero attached hydrogens (tertiary/aromatic N) is 2. The lowest BCUT2D eigenvalue weighted by molar-refractivity contribution is -0.126. The third kappa shape index (κ3) is 3.28. The van der Waals surface area contributed by atoms with Crippen molar-refractivity contribution in [3.05, 3.63) is 94.2 Å². The molecule has 0 spiro atoms. The van der Waals surface area contributed by atoms with Crippen LogP contribution in [-0.4, -0.2) is 17.9 Å². The zero-order chi connectivity index (χ0) is 21.7. The standard InChI is InChI=1S/C23H15Cl2FN2O3/c24-14-8-11-18(17(25)12-14)27-22(29)19-20(13-6-9-15(26)10-7-13)28(31-21(19)23(27)30)16-4-2-1-3-5-16/h1-12,19-21H/t19-,20+,21-/m1/s1. The SMILES string of the molecule is O=C1[C@H]2[C@@H](ON(c3ccccc3)[C@H]2c2ccc(F)cc2)C(=O)N1c1ccc(Cl)cc1Cl. The Bertz CT molecular complexity index is 1170. The first-order chi connectivity index (χ1) is 15.0. The Kier molecular flexibility index (Phi) is 4.93. The molecule has 0 N–H and O–H groups in total. The number of para-hydroxylation sites is 1. The lowest BCUT2D eigenvalue weighted by atomic mass is 9.90. The topological polar surface area (TPSA) is 49.9 Å². The molecule has 3 aromatic rings. The highest BCUT2D eigenvalue weighted by molar-refractivity contribution is 6.38. The van der Waals surface area contributed by atoms with Crippen molar-refractivity contribution in [1.29, 1.82) is 0 Å². The molecule has 156 valence electrons. The van der Waals surface area contributed by atoms with Crippen LogP contribution in [0.15, 0.2) is 72.8 Å². The van der Waals surface area contributed by atoms with Crippen LogP contribution in [0.5, 0.6) is 0 Å². The minimum Gasteiger partial charge on any atom is -0.273 e. The number of benzene rings is 3. The lowest BCUT2D eigenvalue weighted by Crippen LogP contribution is -2.37. The van der Waals surface area contributed by atoms with Crippen LogP contribution < -0.4 is 9.96 Å². The molecule has 0 aromatic heterocycles. The molecule has 0 unspecified atom stereocenters. The molecule has 2 amide bonds. The van der Waals surface area contributed by atoms with Crippen LogP contribution in [0.3, 0.4) is 0 Å². The van der Waals surface area contributed by atoms with Crippen molar-refractivity contribution in [3.63, 3.8) is 0 Å². The Hall–Kier alpha value is -2.93. The van der Waals surface area contributed by atoms with Crippen molar-refractivity contribution in [2.24, 2.45) is 5.92 Å². The predicted molar refractivity (Wildman–Crippen MR) is 115 cm³/mol.